The lowest BCUT2D eigenvalue weighted by Gasteiger charge is -2.14. The van der Waals surface area contributed by atoms with Gasteiger partial charge in [-0.1, -0.05) is 19.1 Å². The van der Waals surface area contributed by atoms with Gasteiger partial charge in [0.1, 0.15) is 17.5 Å². The summed E-state index contributed by atoms with van der Waals surface area (Å²) in [6.45, 7) is 2.07. The first kappa shape index (κ1) is 23.5. The fraction of sp³-hybridized carbons (Fsp3) is 0.318. The molecule has 0 fully saturated rings. The van der Waals surface area contributed by atoms with Gasteiger partial charge in [0.15, 0.2) is 0 Å². The molecule has 3 rings (SSSR count). The van der Waals surface area contributed by atoms with Gasteiger partial charge in [-0.25, -0.2) is 4.79 Å². The van der Waals surface area contributed by atoms with Crippen LogP contribution in [-0.4, -0.2) is 49.1 Å². The molecule has 8 N–H and O–H groups in total. The first-order valence-corrected chi connectivity index (χ1v) is 10.4. The van der Waals surface area contributed by atoms with E-state index in [9.17, 15) is 19.5 Å². The van der Waals surface area contributed by atoms with E-state index in [4.69, 9.17) is 16.6 Å². The number of carboxylic acid groups (broad SMARTS) is 2. The van der Waals surface area contributed by atoms with Crippen LogP contribution in [0.3, 0.4) is 0 Å². The molecule has 1 unspecified atom stereocenters. The number of rotatable bonds is 10. The van der Waals surface area contributed by atoms with Gasteiger partial charge in [0.2, 0.25) is 5.95 Å². The normalized spacial score (nSPS) is 12.9. The van der Waals surface area contributed by atoms with Crippen LogP contribution < -0.4 is 16.8 Å². The number of aryl methyl sites for hydroxylation is 1. The summed E-state index contributed by atoms with van der Waals surface area (Å²) in [4.78, 5) is 45.6. The van der Waals surface area contributed by atoms with Crippen molar-refractivity contribution < 1.29 is 24.6 Å². The first-order chi connectivity index (χ1) is 15.7. The van der Waals surface area contributed by atoms with Crippen LogP contribution in [0.1, 0.15) is 53.6 Å². The summed E-state index contributed by atoms with van der Waals surface area (Å²) in [6, 6.07) is 5.58. The third-order valence-corrected chi connectivity index (χ3v) is 5.47. The minimum absolute atomic E-state index is 0.113. The van der Waals surface area contributed by atoms with Crippen LogP contribution in [0, 0.1) is 0 Å². The van der Waals surface area contributed by atoms with Gasteiger partial charge in [0.05, 0.1) is 5.39 Å². The molecular formula is C22H26N6O5. The van der Waals surface area contributed by atoms with E-state index in [-0.39, 0.29) is 24.7 Å². The van der Waals surface area contributed by atoms with E-state index in [2.05, 4.69) is 27.2 Å². The molecule has 3 aromatic rings. The highest BCUT2D eigenvalue weighted by Crippen LogP contribution is 2.31. The Hall–Kier alpha value is -4.15. The molecule has 2 heterocycles. The predicted molar refractivity (Wildman–Crippen MR) is 122 cm³/mol. The van der Waals surface area contributed by atoms with Gasteiger partial charge < -0.3 is 32.0 Å². The molecule has 0 aliphatic heterocycles. The summed E-state index contributed by atoms with van der Waals surface area (Å²) < 4.78 is 0. The number of hydrogen-bond donors (Lipinski definition) is 6. The number of aliphatic carboxylic acids is 2. The largest absolute Gasteiger partial charge is 0.481 e. The number of nitrogen functional groups attached to an aromatic ring is 2. The minimum atomic E-state index is -1.28. The van der Waals surface area contributed by atoms with Crippen LogP contribution in [-0.2, 0) is 16.0 Å². The van der Waals surface area contributed by atoms with Crippen molar-refractivity contribution in [2.45, 2.75) is 44.6 Å². The van der Waals surface area contributed by atoms with E-state index < -0.39 is 23.9 Å². The number of aromatic amines is 1. The van der Waals surface area contributed by atoms with E-state index in [0.29, 0.717) is 17.0 Å². The highest BCUT2D eigenvalue weighted by molar-refractivity contribution is 5.96. The van der Waals surface area contributed by atoms with E-state index in [1.54, 1.807) is 12.1 Å². The fourth-order valence-electron chi connectivity index (χ4n) is 3.62. The summed E-state index contributed by atoms with van der Waals surface area (Å²) in [5.74, 6) is -2.37. The quantitative estimate of drug-likeness (QED) is 0.265. The zero-order valence-corrected chi connectivity index (χ0v) is 18.0. The zero-order valence-electron chi connectivity index (χ0n) is 18.0. The van der Waals surface area contributed by atoms with Crippen LogP contribution in [0.5, 0.6) is 0 Å². The number of benzene rings is 1. The van der Waals surface area contributed by atoms with Crippen molar-refractivity contribution in [1.29, 1.82) is 0 Å². The van der Waals surface area contributed by atoms with E-state index in [0.717, 1.165) is 29.4 Å². The van der Waals surface area contributed by atoms with Gasteiger partial charge in [-0.05, 0) is 48.4 Å². The molecule has 11 nitrogen and oxygen atoms in total. The molecule has 0 saturated heterocycles. The molecule has 0 saturated carbocycles. The summed E-state index contributed by atoms with van der Waals surface area (Å²) in [7, 11) is 0. The molecule has 0 radical (unpaired) electrons. The van der Waals surface area contributed by atoms with Gasteiger partial charge in [-0.3, -0.25) is 9.59 Å². The summed E-state index contributed by atoms with van der Waals surface area (Å²) in [6.07, 6.45) is 2.86. The Morgan fingerprint density at radius 3 is 2.42 bits per heavy atom. The number of aromatic nitrogens is 3. The second kappa shape index (κ2) is 9.98. The number of hydrogen-bond acceptors (Lipinski definition) is 7. The standard InChI is InChI=1S/C22H26N6O5/c1-11(14-10-25-19-17(14)18(23)27-22(24)28-19)2-3-12-4-6-13(7-5-12)20(31)26-15(21(32)33)8-9-16(29)30/h4-7,10-11,15H,2-3,8-9H2,1H3,(H,26,31)(H,29,30)(H,32,33)(H5,23,24,25,27,28)/t11?,15-/m0/s1. The number of H-pyrrole nitrogens is 1. The number of nitrogens with two attached hydrogens (primary N) is 2. The zero-order chi connectivity index (χ0) is 24.1. The number of carbonyl (C=O) groups excluding carboxylic acids is 1. The molecule has 11 heteroatoms. The van der Waals surface area contributed by atoms with E-state index in [1.165, 1.54) is 0 Å². The van der Waals surface area contributed by atoms with Crippen LogP contribution in [0.15, 0.2) is 30.5 Å². The molecule has 0 aliphatic rings. The van der Waals surface area contributed by atoms with Crippen molar-refractivity contribution in [2.75, 3.05) is 11.5 Å². The van der Waals surface area contributed by atoms with E-state index in [1.807, 2.05) is 18.3 Å². The van der Waals surface area contributed by atoms with E-state index >= 15 is 0 Å². The van der Waals surface area contributed by atoms with Gasteiger partial charge in [0.25, 0.3) is 5.91 Å². The number of amides is 1. The fourth-order valence-corrected chi connectivity index (χ4v) is 3.62. The summed E-state index contributed by atoms with van der Waals surface area (Å²) in [5.41, 5.74) is 14.6. The molecule has 33 heavy (non-hydrogen) atoms. The Balaban J connectivity index is 1.61. The van der Waals surface area contributed by atoms with Crippen molar-refractivity contribution in [2.24, 2.45) is 0 Å². The molecule has 1 amide bonds. The van der Waals surface area contributed by atoms with Gasteiger partial charge in [0, 0.05) is 18.2 Å². The smallest absolute Gasteiger partial charge is 0.326 e. The van der Waals surface area contributed by atoms with Crippen molar-refractivity contribution >= 4 is 40.6 Å². The molecule has 2 atom stereocenters. The highest BCUT2D eigenvalue weighted by Gasteiger charge is 2.22. The number of nitrogens with zero attached hydrogens (tertiary/aromatic N) is 2. The number of carbonyl (C=O) groups is 3. The van der Waals surface area contributed by atoms with Gasteiger partial charge in [-0.15, -0.1) is 0 Å². The van der Waals surface area contributed by atoms with Crippen molar-refractivity contribution in [3.8, 4) is 0 Å². The number of anilines is 2. The topological polar surface area (TPSA) is 197 Å². The van der Waals surface area contributed by atoms with Crippen molar-refractivity contribution in [1.82, 2.24) is 20.3 Å². The molecular weight excluding hydrogens is 428 g/mol. The molecule has 1 aromatic carbocycles. The second-order valence-electron chi connectivity index (χ2n) is 7.87. The summed E-state index contributed by atoms with van der Waals surface area (Å²) in [5, 5.41) is 21.0. The molecule has 0 bridgehead atoms. The number of nitrogens with one attached hydrogen (secondary N) is 2. The maximum Gasteiger partial charge on any atom is 0.326 e. The predicted octanol–water partition coefficient (Wildman–Crippen LogP) is 1.91. The SMILES string of the molecule is CC(CCc1ccc(C(=O)N[C@@H](CCC(=O)O)C(=O)O)cc1)c1c[nH]c2nc(N)nc(N)c12. The Kier molecular flexibility index (Phi) is 7.11. The minimum Gasteiger partial charge on any atom is -0.481 e. The lowest BCUT2D eigenvalue weighted by molar-refractivity contribution is -0.140. The average molecular weight is 454 g/mol. The average Bonchev–Trinajstić information content (AvgIpc) is 3.19. The van der Waals surface area contributed by atoms with Gasteiger partial charge >= 0.3 is 11.9 Å². The number of fused-ring (bicyclic) bond motifs is 1. The Morgan fingerprint density at radius 2 is 1.79 bits per heavy atom. The van der Waals surface area contributed by atoms with Crippen LogP contribution in [0.25, 0.3) is 11.0 Å². The lowest BCUT2D eigenvalue weighted by atomic mass is 9.94. The third kappa shape index (κ3) is 5.76. The Labute approximate surface area is 189 Å². The maximum atomic E-state index is 12.4. The lowest BCUT2D eigenvalue weighted by Crippen LogP contribution is -2.41. The maximum absolute atomic E-state index is 12.4. The van der Waals surface area contributed by atoms with Crippen molar-refractivity contribution in [3.63, 3.8) is 0 Å². The van der Waals surface area contributed by atoms with Crippen molar-refractivity contribution in [3.05, 3.63) is 47.2 Å². The van der Waals surface area contributed by atoms with Crippen LogP contribution >= 0.6 is 0 Å². The third-order valence-electron chi connectivity index (χ3n) is 5.47. The highest BCUT2D eigenvalue weighted by atomic mass is 16.4. The first-order valence-electron chi connectivity index (χ1n) is 10.4. The monoisotopic (exact) mass is 454 g/mol. The molecule has 2 aromatic heterocycles. The molecule has 0 aliphatic carbocycles. The van der Waals surface area contributed by atoms with Gasteiger partial charge in [-0.2, -0.15) is 9.97 Å². The molecule has 0 spiro atoms. The van der Waals surface area contributed by atoms with Crippen LogP contribution in [0.4, 0.5) is 11.8 Å². The molecule has 174 valence electrons. The van der Waals surface area contributed by atoms with Crippen LogP contribution in [0.2, 0.25) is 0 Å². The summed E-state index contributed by atoms with van der Waals surface area (Å²) >= 11 is 0. The number of carboxylic acids is 2. The Bertz CT molecular complexity index is 1170. The Morgan fingerprint density at radius 1 is 1.09 bits per heavy atom. The second-order valence-corrected chi connectivity index (χ2v) is 7.87.